The number of aryl methyl sites for hydroxylation is 1. The molecule has 8 rings (SSSR count). The van der Waals surface area contributed by atoms with Gasteiger partial charge in [0.05, 0.1) is 19.0 Å². The fourth-order valence-corrected chi connectivity index (χ4v) is 8.69. The van der Waals surface area contributed by atoms with Crippen LogP contribution in [0.2, 0.25) is 0 Å². The van der Waals surface area contributed by atoms with Crippen LogP contribution < -0.4 is 0 Å². The van der Waals surface area contributed by atoms with Crippen LogP contribution in [0, 0.1) is 5.92 Å². The maximum atomic E-state index is 13.0. The Labute approximate surface area is 341 Å². The summed E-state index contributed by atoms with van der Waals surface area (Å²) in [7, 11) is 1.47. The van der Waals surface area contributed by atoms with Crippen molar-refractivity contribution in [3.63, 3.8) is 0 Å². The van der Waals surface area contributed by atoms with Crippen molar-refractivity contribution in [3.05, 3.63) is 185 Å². The lowest BCUT2D eigenvalue weighted by Crippen LogP contribution is -2.39. The largest absolute Gasteiger partial charge is 0.466 e. The molecule has 1 aliphatic rings. The number of unbranched alkanes of at least 4 members (excludes halogenated alkanes) is 1. The number of methoxy groups -OCH3 is 1. The Hall–Kier alpha value is -6.41. The van der Waals surface area contributed by atoms with Crippen molar-refractivity contribution in [2.75, 3.05) is 7.11 Å². The summed E-state index contributed by atoms with van der Waals surface area (Å²) in [6.07, 6.45) is 12.4. The number of hydrogen-bond donors (Lipinski definition) is 0. The molecule has 0 bridgehead atoms. The molecule has 2 aromatic heterocycles. The van der Waals surface area contributed by atoms with Crippen LogP contribution in [0.25, 0.3) is 28.6 Å². The number of benzene rings is 5. The zero-order chi connectivity index (χ0) is 39.7. The minimum absolute atomic E-state index is 0.252. The molecule has 1 saturated carbocycles. The van der Waals surface area contributed by atoms with Crippen LogP contribution in [0.3, 0.4) is 0 Å². The van der Waals surface area contributed by atoms with Crippen LogP contribution in [0.4, 0.5) is 0 Å². The number of tetrazole rings is 1. The van der Waals surface area contributed by atoms with Crippen LogP contribution in [-0.4, -0.2) is 42.8 Å². The number of rotatable bonds is 15. The lowest BCUT2D eigenvalue weighted by molar-refractivity contribution is -0.136. The summed E-state index contributed by atoms with van der Waals surface area (Å²) in [6, 6.07) is 48.5. The molecule has 0 radical (unpaired) electrons. The highest BCUT2D eigenvalue weighted by Crippen LogP contribution is 2.43. The molecule has 0 atom stereocenters. The maximum Gasteiger partial charge on any atom is 0.333 e. The predicted molar refractivity (Wildman–Crippen MR) is 230 cm³/mol. The Bertz CT molecular complexity index is 2350. The first-order valence-electron chi connectivity index (χ1n) is 20.6. The average molecular weight is 767 g/mol. The smallest absolute Gasteiger partial charge is 0.333 e. The Morgan fingerprint density at radius 1 is 0.776 bits per heavy atom. The van der Waals surface area contributed by atoms with Gasteiger partial charge in [0.2, 0.25) is 0 Å². The molecule has 1 fully saturated rings. The van der Waals surface area contributed by atoms with Gasteiger partial charge in [-0.15, -0.1) is 5.10 Å². The Kier molecular flexibility index (Phi) is 11.8. The Balaban J connectivity index is 1.17. The molecular formula is C50H50N6O2. The minimum atomic E-state index is -0.864. The summed E-state index contributed by atoms with van der Waals surface area (Å²) in [6.45, 7) is 2.84. The van der Waals surface area contributed by atoms with Crippen LogP contribution in [0.5, 0.6) is 0 Å². The van der Waals surface area contributed by atoms with E-state index in [1.165, 1.54) is 20.0 Å². The number of imidazole rings is 1. The van der Waals surface area contributed by atoms with Gasteiger partial charge in [-0.3, -0.25) is 0 Å². The monoisotopic (exact) mass is 766 g/mol. The van der Waals surface area contributed by atoms with E-state index in [4.69, 9.17) is 20.0 Å². The van der Waals surface area contributed by atoms with Gasteiger partial charge in [0.1, 0.15) is 11.4 Å². The van der Waals surface area contributed by atoms with Gasteiger partial charge in [0.25, 0.3) is 0 Å². The van der Waals surface area contributed by atoms with Crippen molar-refractivity contribution in [1.82, 2.24) is 29.8 Å². The lowest BCUT2D eigenvalue weighted by Gasteiger charge is -2.36. The van der Waals surface area contributed by atoms with Crippen molar-refractivity contribution < 1.29 is 9.53 Å². The molecule has 0 aliphatic heterocycles. The molecule has 58 heavy (non-hydrogen) atoms. The molecule has 2 heterocycles. The molecule has 8 nitrogen and oxygen atoms in total. The first-order valence-corrected chi connectivity index (χ1v) is 20.6. The molecule has 0 saturated heterocycles. The van der Waals surface area contributed by atoms with Crippen molar-refractivity contribution in [1.29, 1.82) is 0 Å². The number of aromatic nitrogens is 6. The highest BCUT2D eigenvalue weighted by Gasteiger charge is 2.42. The van der Waals surface area contributed by atoms with Gasteiger partial charge in [0, 0.05) is 24.1 Å². The standard InChI is InChI=1S/C50H50N6O2/c1-3-4-28-47-51-35-44(34-40(49(57)58-2)33-37-18-14-15-19-37)55(47)36-38-29-31-39(32-30-38)45-26-16-17-27-46(45)48-52-53-54-56(48)50(41-20-8-5-9-21-41,42-22-10-6-11-23-42)43-24-12-7-13-25-43/h5-13,16-17,20-27,29-32,34-35,37H,3-4,14-15,18-19,28,33,36H2,1-2H3. The summed E-state index contributed by atoms with van der Waals surface area (Å²) >= 11 is 0. The molecule has 1 aliphatic carbocycles. The maximum absolute atomic E-state index is 13.0. The number of carbonyl (C=O) groups excluding carboxylic acids is 1. The van der Waals surface area contributed by atoms with E-state index in [0.29, 0.717) is 18.3 Å². The van der Waals surface area contributed by atoms with Crippen LogP contribution >= 0.6 is 0 Å². The fourth-order valence-electron chi connectivity index (χ4n) is 8.69. The van der Waals surface area contributed by atoms with E-state index < -0.39 is 5.54 Å². The summed E-state index contributed by atoms with van der Waals surface area (Å²) in [5.41, 5.74) is 8.09. The Morgan fingerprint density at radius 2 is 1.36 bits per heavy atom. The normalized spacial score (nSPS) is 13.5. The highest BCUT2D eigenvalue weighted by atomic mass is 16.5. The van der Waals surface area contributed by atoms with E-state index >= 15 is 0 Å². The molecule has 8 heteroatoms. The number of ether oxygens (including phenoxy) is 1. The summed E-state index contributed by atoms with van der Waals surface area (Å²) < 4.78 is 9.51. The molecule has 0 N–H and O–H groups in total. The third kappa shape index (κ3) is 7.79. The number of nitrogens with zero attached hydrogens (tertiary/aromatic N) is 6. The van der Waals surface area contributed by atoms with Crippen LogP contribution in [-0.2, 0) is 28.0 Å². The van der Waals surface area contributed by atoms with Gasteiger partial charge in [-0.1, -0.05) is 179 Å². The highest BCUT2D eigenvalue weighted by molar-refractivity contribution is 5.93. The van der Waals surface area contributed by atoms with Gasteiger partial charge in [-0.2, -0.15) is 0 Å². The van der Waals surface area contributed by atoms with Gasteiger partial charge in [-0.25, -0.2) is 14.5 Å². The number of esters is 1. The van der Waals surface area contributed by atoms with Crippen molar-refractivity contribution in [3.8, 4) is 22.5 Å². The van der Waals surface area contributed by atoms with Crippen molar-refractivity contribution in [2.45, 2.75) is 70.4 Å². The first-order chi connectivity index (χ1) is 28.6. The van der Waals surface area contributed by atoms with Crippen LogP contribution in [0.1, 0.15) is 85.6 Å². The van der Waals surface area contributed by atoms with Gasteiger partial charge in [0.15, 0.2) is 5.82 Å². The van der Waals surface area contributed by atoms with E-state index in [1.54, 1.807) is 0 Å². The summed E-state index contributed by atoms with van der Waals surface area (Å²) in [4.78, 5) is 17.9. The van der Waals surface area contributed by atoms with E-state index in [1.807, 2.05) is 41.2 Å². The zero-order valence-electron chi connectivity index (χ0n) is 33.4. The Morgan fingerprint density at radius 3 is 1.95 bits per heavy atom. The lowest BCUT2D eigenvalue weighted by atomic mass is 9.77. The van der Waals surface area contributed by atoms with Gasteiger partial charge in [-0.05, 0) is 68.6 Å². The van der Waals surface area contributed by atoms with Gasteiger partial charge >= 0.3 is 5.97 Å². The van der Waals surface area contributed by atoms with E-state index in [-0.39, 0.29) is 5.97 Å². The van der Waals surface area contributed by atoms with E-state index in [9.17, 15) is 4.79 Å². The molecule has 5 aromatic carbocycles. The molecule has 292 valence electrons. The third-order valence-corrected chi connectivity index (χ3v) is 11.6. The fraction of sp³-hybridized carbons (Fsp3) is 0.260. The first kappa shape index (κ1) is 38.5. The topological polar surface area (TPSA) is 87.7 Å². The third-order valence-electron chi connectivity index (χ3n) is 11.6. The molecule has 0 spiro atoms. The second-order valence-electron chi connectivity index (χ2n) is 15.3. The second kappa shape index (κ2) is 17.8. The van der Waals surface area contributed by atoms with Crippen molar-refractivity contribution >= 4 is 12.0 Å². The minimum Gasteiger partial charge on any atom is -0.466 e. The second-order valence-corrected chi connectivity index (χ2v) is 15.3. The van der Waals surface area contributed by atoms with Crippen LogP contribution in [0.15, 0.2) is 151 Å². The molecule has 0 unspecified atom stereocenters. The quantitative estimate of drug-likeness (QED) is 0.0587. The van der Waals surface area contributed by atoms with E-state index in [0.717, 1.165) is 94.6 Å². The molecule has 7 aromatic rings. The van der Waals surface area contributed by atoms with E-state index in [2.05, 4.69) is 132 Å². The average Bonchev–Trinajstić information content (AvgIpc) is 4.07. The SMILES string of the molecule is CCCCc1ncc(C=C(CC2CCCC2)C(=O)OC)n1Cc1ccc(-c2ccccc2-c2nnnn2C(c2ccccc2)(c2ccccc2)c2ccccc2)cc1. The zero-order valence-corrected chi connectivity index (χ0v) is 33.4. The number of hydrogen-bond acceptors (Lipinski definition) is 6. The summed E-state index contributed by atoms with van der Waals surface area (Å²) in [5, 5.41) is 13.9. The predicted octanol–water partition coefficient (Wildman–Crippen LogP) is 10.6. The summed E-state index contributed by atoms with van der Waals surface area (Å²) in [5.74, 6) is 1.95. The molecule has 0 amide bonds. The molecular weight excluding hydrogens is 717 g/mol. The number of carbonyl (C=O) groups is 1. The van der Waals surface area contributed by atoms with Crippen molar-refractivity contribution in [2.24, 2.45) is 5.92 Å². The van der Waals surface area contributed by atoms with Gasteiger partial charge < -0.3 is 9.30 Å².